The van der Waals surface area contributed by atoms with Crippen LogP contribution in [-0.4, -0.2) is 24.9 Å². The van der Waals surface area contributed by atoms with Gasteiger partial charge < -0.3 is 5.32 Å². The molecule has 4 nitrogen and oxygen atoms in total. The molecule has 1 aliphatic heterocycles. The molecule has 0 atom stereocenters. The van der Waals surface area contributed by atoms with Crippen LogP contribution >= 0.6 is 11.6 Å². The van der Waals surface area contributed by atoms with Gasteiger partial charge >= 0.3 is 6.18 Å². The summed E-state index contributed by atoms with van der Waals surface area (Å²) in [5.41, 5.74) is -0.815. The molecule has 0 unspecified atom stereocenters. The van der Waals surface area contributed by atoms with Crippen molar-refractivity contribution >= 4 is 29.1 Å². The standard InChI is InChI=1S/C11H8ClF3N2O2/c12-7-3-6(11(13,14)15)1-2-8(7)17-5-9(18)16-4-10(17)19/h1-3H,4-5H2,(H,16,18). The highest BCUT2D eigenvalue weighted by Gasteiger charge is 2.32. The molecule has 2 rings (SSSR count). The lowest BCUT2D eigenvalue weighted by molar-refractivity contribution is -0.137. The van der Waals surface area contributed by atoms with Crippen molar-refractivity contribution in [3.63, 3.8) is 0 Å². The molecule has 1 fully saturated rings. The predicted molar refractivity (Wildman–Crippen MR) is 61.8 cm³/mol. The summed E-state index contributed by atoms with van der Waals surface area (Å²) in [5, 5.41) is 2.11. The van der Waals surface area contributed by atoms with Crippen molar-refractivity contribution in [1.29, 1.82) is 0 Å². The summed E-state index contributed by atoms with van der Waals surface area (Å²) in [4.78, 5) is 23.9. The number of nitrogens with one attached hydrogen (secondary N) is 1. The first-order chi connectivity index (χ1) is 8.79. The van der Waals surface area contributed by atoms with Gasteiger partial charge in [-0.2, -0.15) is 13.2 Å². The topological polar surface area (TPSA) is 49.4 Å². The first-order valence-corrected chi connectivity index (χ1v) is 5.60. The number of anilines is 1. The molecule has 0 aliphatic carbocycles. The van der Waals surface area contributed by atoms with Gasteiger partial charge in [0.05, 0.1) is 22.8 Å². The molecule has 8 heteroatoms. The van der Waals surface area contributed by atoms with E-state index in [0.717, 1.165) is 23.1 Å². The van der Waals surface area contributed by atoms with Gasteiger partial charge in [-0.25, -0.2) is 0 Å². The summed E-state index contributed by atoms with van der Waals surface area (Å²) in [6, 6.07) is 2.64. The minimum atomic E-state index is -4.51. The molecule has 0 saturated carbocycles. The molecular formula is C11H8ClF3N2O2. The molecule has 1 heterocycles. The molecule has 1 saturated heterocycles. The maximum Gasteiger partial charge on any atom is 0.416 e. The van der Waals surface area contributed by atoms with E-state index in [1.165, 1.54) is 0 Å². The average Bonchev–Trinajstić information content (AvgIpc) is 2.31. The number of halogens is 4. The van der Waals surface area contributed by atoms with Crippen molar-refractivity contribution in [3.05, 3.63) is 28.8 Å². The quantitative estimate of drug-likeness (QED) is 0.858. The number of benzene rings is 1. The van der Waals surface area contributed by atoms with Gasteiger partial charge in [0.1, 0.15) is 6.54 Å². The fourth-order valence-electron chi connectivity index (χ4n) is 1.68. The predicted octanol–water partition coefficient (Wildman–Crippen LogP) is 1.82. The Hall–Kier alpha value is -1.76. The van der Waals surface area contributed by atoms with E-state index < -0.39 is 23.6 Å². The zero-order valence-corrected chi connectivity index (χ0v) is 10.2. The van der Waals surface area contributed by atoms with Crippen LogP contribution < -0.4 is 10.2 Å². The summed E-state index contributed by atoms with van der Waals surface area (Å²) < 4.78 is 37.4. The smallest absolute Gasteiger partial charge is 0.345 e. The molecule has 1 N–H and O–H groups in total. The minimum Gasteiger partial charge on any atom is -0.345 e. The monoisotopic (exact) mass is 292 g/mol. The van der Waals surface area contributed by atoms with E-state index in [2.05, 4.69) is 5.32 Å². The fourth-order valence-corrected chi connectivity index (χ4v) is 1.96. The highest BCUT2D eigenvalue weighted by atomic mass is 35.5. The largest absolute Gasteiger partial charge is 0.416 e. The lowest BCUT2D eigenvalue weighted by Gasteiger charge is -2.27. The van der Waals surface area contributed by atoms with Crippen molar-refractivity contribution < 1.29 is 22.8 Å². The Labute approximate surface area is 111 Å². The summed E-state index contributed by atoms with van der Waals surface area (Å²) in [6.07, 6.45) is -4.51. The van der Waals surface area contributed by atoms with Crippen molar-refractivity contribution in [2.24, 2.45) is 0 Å². The van der Waals surface area contributed by atoms with Gasteiger partial charge in [0.2, 0.25) is 11.8 Å². The Morgan fingerprint density at radius 1 is 1.26 bits per heavy atom. The van der Waals surface area contributed by atoms with Crippen LogP contribution in [0.3, 0.4) is 0 Å². The van der Waals surface area contributed by atoms with Crippen molar-refractivity contribution in [3.8, 4) is 0 Å². The zero-order valence-electron chi connectivity index (χ0n) is 9.42. The van der Waals surface area contributed by atoms with Crippen LogP contribution in [0.15, 0.2) is 18.2 Å². The summed E-state index contributed by atoms with van der Waals surface area (Å²) in [5.74, 6) is -0.822. The van der Waals surface area contributed by atoms with Crippen molar-refractivity contribution in [2.45, 2.75) is 6.18 Å². The van der Waals surface area contributed by atoms with Gasteiger partial charge in [-0.05, 0) is 18.2 Å². The number of alkyl halides is 3. The van der Waals surface area contributed by atoms with Crippen molar-refractivity contribution in [2.75, 3.05) is 18.0 Å². The third-order valence-electron chi connectivity index (χ3n) is 2.61. The molecule has 19 heavy (non-hydrogen) atoms. The Morgan fingerprint density at radius 2 is 1.95 bits per heavy atom. The first-order valence-electron chi connectivity index (χ1n) is 5.23. The van der Waals surface area contributed by atoms with E-state index >= 15 is 0 Å². The highest BCUT2D eigenvalue weighted by molar-refractivity contribution is 6.34. The van der Waals surface area contributed by atoms with E-state index in [0.29, 0.717) is 0 Å². The van der Waals surface area contributed by atoms with Crippen LogP contribution in [0.4, 0.5) is 18.9 Å². The SMILES string of the molecule is O=C1CN(c2ccc(C(F)(F)F)cc2Cl)C(=O)CN1. The van der Waals surface area contributed by atoms with Gasteiger partial charge in [-0.15, -0.1) is 0 Å². The third kappa shape index (κ3) is 2.81. The van der Waals surface area contributed by atoms with E-state index in [1.807, 2.05) is 0 Å². The number of rotatable bonds is 1. The highest BCUT2D eigenvalue weighted by Crippen LogP contribution is 2.35. The number of amides is 2. The molecule has 0 radical (unpaired) electrons. The Balaban J connectivity index is 2.35. The number of hydrogen-bond acceptors (Lipinski definition) is 2. The number of piperazine rings is 1. The second-order valence-electron chi connectivity index (χ2n) is 3.92. The van der Waals surface area contributed by atoms with Crippen LogP contribution in [0.2, 0.25) is 5.02 Å². The number of carbonyl (C=O) groups excluding carboxylic acids is 2. The van der Waals surface area contributed by atoms with Gasteiger partial charge in [0, 0.05) is 0 Å². The third-order valence-corrected chi connectivity index (χ3v) is 2.91. The summed E-state index contributed by atoms with van der Waals surface area (Å²) in [6.45, 7) is -0.458. The minimum absolute atomic E-state index is 0.0921. The van der Waals surface area contributed by atoms with E-state index in [4.69, 9.17) is 11.6 Å². The Morgan fingerprint density at radius 3 is 2.53 bits per heavy atom. The number of carbonyl (C=O) groups is 2. The molecule has 102 valence electrons. The van der Waals surface area contributed by atoms with Crippen LogP contribution in [-0.2, 0) is 15.8 Å². The second-order valence-corrected chi connectivity index (χ2v) is 4.33. The summed E-state index contributed by atoms with van der Waals surface area (Å²) in [7, 11) is 0. The molecule has 0 bridgehead atoms. The zero-order chi connectivity index (χ0) is 14.2. The van der Waals surface area contributed by atoms with Crippen LogP contribution in [0, 0.1) is 0 Å². The molecule has 0 aromatic heterocycles. The lowest BCUT2D eigenvalue weighted by Crippen LogP contribution is -2.51. The van der Waals surface area contributed by atoms with E-state index in [-0.39, 0.29) is 23.8 Å². The van der Waals surface area contributed by atoms with E-state index in [1.54, 1.807) is 0 Å². The van der Waals surface area contributed by atoms with E-state index in [9.17, 15) is 22.8 Å². The number of nitrogens with zero attached hydrogens (tertiary/aromatic N) is 1. The fraction of sp³-hybridized carbons (Fsp3) is 0.273. The molecular weight excluding hydrogens is 285 g/mol. The van der Waals surface area contributed by atoms with Crippen LogP contribution in [0.5, 0.6) is 0 Å². The van der Waals surface area contributed by atoms with Crippen LogP contribution in [0.1, 0.15) is 5.56 Å². The maximum absolute atomic E-state index is 12.5. The molecule has 1 aliphatic rings. The molecule has 2 amide bonds. The maximum atomic E-state index is 12.5. The van der Waals surface area contributed by atoms with Gasteiger partial charge in [0.15, 0.2) is 0 Å². The summed E-state index contributed by atoms with van der Waals surface area (Å²) >= 11 is 5.76. The van der Waals surface area contributed by atoms with Crippen molar-refractivity contribution in [1.82, 2.24) is 5.32 Å². The molecule has 1 aromatic carbocycles. The molecule has 0 spiro atoms. The Kier molecular flexibility index (Phi) is 3.40. The van der Waals surface area contributed by atoms with Gasteiger partial charge in [0.25, 0.3) is 0 Å². The number of hydrogen-bond donors (Lipinski definition) is 1. The second kappa shape index (κ2) is 4.73. The first kappa shape index (κ1) is 13.7. The molecule has 1 aromatic rings. The van der Waals surface area contributed by atoms with Crippen LogP contribution in [0.25, 0.3) is 0 Å². The average molecular weight is 293 g/mol. The van der Waals surface area contributed by atoms with Gasteiger partial charge in [-0.3, -0.25) is 14.5 Å². The normalized spacial score (nSPS) is 16.5. The Bertz CT molecular complexity index is 545. The van der Waals surface area contributed by atoms with Gasteiger partial charge in [-0.1, -0.05) is 11.6 Å². The lowest BCUT2D eigenvalue weighted by atomic mass is 10.1.